The summed E-state index contributed by atoms with van der Waals surface area (Å²) >= 11 is 0. The molecule has 1 saturated heterocycles. The fourth-order valence-electron chi connectivity index (χ4n) is 9.91. The Bertz CT molecular complexity index is 2500. The van der Waals surface area contributed by atoms with Gasteiger partial charge in [-0.05, 0) is 118 Å². The number of ether oxygens (including phenoxy) is 1. The molecule has 1 fully saturated rings. The molecule has 2 aliphatic carbocycles. The van der Waals surface area contributed by atoms with Crippen molar-refractivity contribution in [3.63, 3.8) is 0 Å². The summed E-state index contributed by atoms with van der Waals surface area (Å²) in [5.74, 6) is 0.0718. The molecule has 0 amide bonds. The zero-order valence-corrected chi connectivity index (χ0v) is 30.1. The van der Waals surface area contributed by atoms with Crippen LogP contribution >= 0.6 is 0 Å². The molecule has 2 heterocycles. The third-order valence-electron chi connectivity index (χ3n) is 12.6. The molecule has 2 nitrogen and oxygen atoms in total. The van der Waals surface area contributed by atoms with Crippen LogP contribution in [-0.4, -0.2) is 13.1 Å². The monoisotopic (exact) mass is 685 g/mol. The van der Waals surface area contributed by atoms with Gasteiger partial charge in [-0.3, -0.25) is 0 Å². The van der Waals surface area contributed by atoms with E-state index in [9.17, 15) is 4.39 Å². The summed E-state index contributed by atoms with van der Waals surface area (Å²) in [5, 5.41) is 1.62. The lowest BCUT2D eigenvalue weighted by Gasteiger charge is -2.39. The topological polar surface area (TPSA) is 12.5 Å². The summed E-state index contributed by atoms with van der Waals surface area (Å²) in [4.78, 5) is 2.48. The molecule has 1 atom stereocenters. The Morgan fingerprint density at radius 3 is 2.08 bits per heavy atom. The highest BCUT2D eigenvalue weighted by Crippen LogP contribution is 2.59. The Morgan fingerprint density at radius 1 is 0.596 bits per heavy atom. The van der Waals surface area contributed by atoms with Crippen LogP contribution in [-0.2, 0) is 16.4 Å². The molecule has 0 aromatic heterocycles. The van der Waals surface area contributed by atoms with Crippen LogP contribution in [0.3, 0.4) is 0 Å². The molecular weight excluding hydrogens is 645 g/mol. The van der Waals surface area contributed by atoms with Crippen LogP contribution in [0.2, 0.25) is 0 Å². The summed E-state index contributed by atoms with van der Waals surface area (Å²) in [7, 11) is 0. The highest BCUT2D eigenvalue weighted by molar-refractivity contribution is 6.08. The van der Waals surface area contributed by atoms with Gasteiger partial charge in [-0.25, -0.2) is 8.78 Å². The number of nitrogens with zero attached hydrogens (tertiary/aromatic N) is 1. The number of halogens is 2. The van der Waals surface area contributed by atoms with E-state index in [-0.39, 0.29) is 17.0 Å². The lowest BCUT2D eigenvalue weighted by Crippen LogP contribution is -2.35. The SMILES string of the molecule is CC1(C)c2ccccc2-c2ccc(C3(c4ccc(N5CCCCC5)cc4)C=Cc4c5c(c6ccc(F)cc6c4O3)-c3ccc(F)cc3C5(C)C)cc21. The Kier molecular flexibility index (Phi) is 6.60. The molecular formula is C48H41F2NO. The van der Waals surface area contributed by atoms with E-state index in [0.29, 0.717) is 11.1 Å². The number of hydrogen-bond donors (Lipinski definition) is 0. The van der Waals surface area contributed by atoms with Crippen molar-refractivity contribution < 1.29 is 13.5 Å². The van der Waals surface area contributed by atoms with Gasteiger partial charge in [0.1, 0.15) is 17.4 Å². The van der Waals surface area contributed by atoms with E-state index in [4.69, 9.17) is 4.74 Å². The maximum Gasteiger partial charge on any atom is 0.178 e. The van der Waals surface area contributed by atoms with Crippen LogP contribution in [0.5, 0.6) is 5.75 Å². The van der Waals surface area contributed by atoms with Crippen LogP contribution in [0.1, 0.15) is 85.9 Å². The zero-order valence-electron chi connectivity index (χ0n) is 30.1. The first kappa shape index (κ1) is 31.5. The lowest BCUT2D eigenvalue weighted by atomic mass is 9.75. The van der Waals surface area contributed by atoms with Gasteiger partial charge in [0, 0.05) is 51.7 Å². The van der Waals surface area contributed by atoms with E-state index in [2.05, 4.69) is 111 Å². The standard InChI is InChI=1S/C48H41F2NO/c1-46(2)40-11-7-6-10-34(40)35-19-14-30(26-41(35)46)48(29-12-17-33(18-13-29)51-24-8-5-9-25-51)23-22-38-44-43(36-20-15-31(49)27-39(36)45(38)52-48)37-21-16-32(50)28-42(37)47(44,3)4/h6-7,10-23,26-28H,5,8-9,24-25H2,1-4H3. The van der Waals surface area contributed by atoms with Crippen LogP contribution in [0.4, 0.5) is 14.5 Å². The van der Waals surface area contributed by atoms with E-state index in [1.54, 1.807) is 12.1 Å². The van der Waals surface area contributed by atoms with Crippen molar-refractivity contribution in [2.45, 2.75) is 63.4 Å². The van der Waals surface area contributed by atoms with Crippen LogP contribution in [0.15, 0.2) is 109 Å². The fraction of sp³-hybridized carbons (Fsp3) is 0.250. The first-order valence-electron chi connectivity index (χ1n) is 18.7. The van der Waals surface area contributed by atoms with Crippen LogP contribution in [0, 0.1) is 11.6 Å². The Morgan fingerprint density at radius 2 is 1.27 bits per heavy atom. The molecule has 10 rings (SSSR count). The van der Waals surface area contributed by atoms with Crippen molar-refractivity contribution in [2.24, 2.45) is 0 Å². The third kappa shape index (κ3) is 4.27. The molecule has 1 unspecified atom stereocenters. The molecule has 6 aromatic carbocycles. The van der Waals surface area contributed by atoms with Gasteiger partial charge in [0.15, 0.2) is 5.60 Å². The molecule has 258 valence electrons. The Labute approximate surface area is 304 Å². The minimum atomic E-state index is -0.998. The molecule has 52 heavy (non-hydrogen) atoms. The maximum atomic E-state index is 15.4. The number of rotatable bonds is 3. The Hall–Kier alpha value is -5.22. The van der Waals surface area contributed by atoms with Gasteiger partial charge in [-0.1, -0.05) is 94.4 Å². The quantitative estimate of drug-likeness (QED) is 0.184. The summed E-state index contributed by atoms with van der Waals surface area (Å²) in [6, 6.07) is 34.4. The first-order chi connectivity index (χ1) is 25.1. The van der Waals surface area contributed by atoms with Crippen LogP contribution in [0.25, 0.3) is 39.1 Å². The van der Waals surface area contributed by atoms with E-state index in [1.807, 2.05) is 12.1 Å². The summed E-state index contributed by atoms with van der Waals surface area (Å²) in [6.07, 6.45) is 8.10. The van der Waals surface area contributed by atoms with Gasteiger partial charge < -0.3 is 9.64 Å². The number of piperidine rings is 1. The van der Waals surface area contributed by atoms with Crippen molar-refractivity contribution in [1.82, 2.24) is 0 Å². The molecule has 0 N–H and O–H groups in total. The normalized spacial score (nSPS) is 20.2. The number of hydrogen-bond acceptors (Lipinski definition) is 2. The van der Waals surface area contributed by atoms with E-state index in [1.165, 1.54) is 59.3 Å². The largest absolute Gasteiger partial charge is 0.472 e. The molecule has 0 spiro atoms. The average molecular weight is 686 g/mol. The molecule has 0 saturated carbocycles. The van der Waals surface area contributed by atoms with E-state index >= 15 is 4.39 Å². The zero-order chi connectivity index (χ0) is 35.6. The van der Waals surface area contributed by atoms with Crippen molar-refractivity contribution >= 4 is 22.5 Å². The minimum absolute atomic E-state index is 0.195. The Balaban J connectivity index is 1.22. The molecule has 0 bridgehead atoms. The number of anilines is 1. The second-order valence-electron chi connectivity index (χ2n) is 16.2. The van der Waals surface area contributed by atoms with Crippen molar-refractivity contribution in [3.05, 3.63) is 160 Å². The van der Waals surface area contributed by atoms with Crippen molar-refractivity contribution in [1.29, 1.82) is 0 Å². The minimum Gasteiger partial charge on any atom is -0.472 e. The van der Waals surface area contributed by atoms with Gasteiger partial charge in [0.25, 0.3) is 0 Å². The van der Waals surface area contributed by atoms with E-state index in [0.717, 1.165) is 57.4 Å². The van der Waals surface area contributed by atoms with Gasteiger partial charge in [0.2, 0.25) is 0 Å². The molecule has 2 aliphatic heterocycles. The van der Waals surface area contributed by atoms with Crippen molar-refractivity contribution in [3.8, 4) is 28.0 Å². The molecule has 4 heteroatoms. The smallest absolute Gasteiger partial charge is 0.178 e. The second-order valence-corrected chi connectivity index (χ2v) is 16.2. The predicted molar refractivity (Wildman–Crippen MR) is 208 cm³/mol. The van der Waals surface area contributed by atoms with Gasteiger partial charge in [-0.2, -0.15) is 0 Å². The number of benzene rings is 6. The summed E-state index contributed by atoms with van der Waals surface area (Å²) in [5.41, 5.74) is 11.6. The lowest BCUT2D eigenvalue weighted by molar-refractivity contribution is 0.163. The van der Waals surface area contributed by atoms with Crippen LogP contribution < -0.4 is 9.64 Å². The average Bonchev–Trinajstić information content (AvgIpc) is 3.54. The molecule has 0 radical (unpaired) electrons. The fourth-order valence-corrected chi connectivity index (χ4v) is 9.91. The maximum absolute atomic E-state index is 15.4. The second kappa shape index (κ2) is 10.9. The number of fused-ring (bicyclic) bond motifs is 11. The highest BCUT2D eigenvalue weighted by atomic mass is 19.1. The van der Waals surface area contributed by atoms with Gasteiger partial charge in [0.05, 0.1) is 0 Å². The van der Waals surface area contributed by atoms with Gasteiger partial charge in [-0.15, -0.1) is 0 Å². The molecule has 4 aliphatic rings. The molecule has 6 aromatic rings. The van der Waals surface area contributed by atoms with E-state index < -0.39 is 11.0 Å². The van der Waals surface area contributed by atoms with Gasteiger partial charge >= 0.3 is 0 Å². The highest BCUT2D eigenvalue weighted by Gasteiger charge is 2.45. The van der Waals surface area contributed by atoms with Crippen molar-refractivity contribution in [2.75, 3.05) is 18.0 Å². The summed E-state index contributed by atoms with van der Waals surface area (Å²) in [6.45, 7) is 11.1. The third-order valence-corrected chi connectivity index (χ3v) is 12.6. The first-order valence-corrected chi connectivity index (χ1v) is 18.7. The summed E-state index contributed by atoms with van der Waals surface area (Å²) < 4.78 is 37.7. The predicted octanol–water partition coefficient (Wildman–Crippen LogP) is 12.1.